The van der Waals surface area contributed by atoms with Crippen molar-refractivity contribution in [3.63, 3.8) is 0 Å². The standard InChI is InChI=1S/C22H23ClFN7O3S/c1-12(27-20-18-19(26-11-25-18)29-22(24)30-20)16-10-13-4-3-5-15(23)17(13)21(28-16)34-14-6-8-31(9-7-14)35(2,32)33/h3-5,10-12,14H,6-9H2,1-2H3,(H2,25,26,27,29,30)/t12-/m0/s1. The molecule has 0 spiro atoms. The van der Waals surface area contributed by atoms with Crippen LogP contribution in [0.15, 0.2) is 30.6 Å². The molecule has 2 N–H and O–H groups in total. The van der Waals surface area contributed by atoms with Crippen LogP contribution in [0.2, 0.25) is 5.02 Å². The summed E-state index contributed by atoms with van der Waals surface area (Å²) in [6.07, 6.45) is 2.62. The minimum atomic E-state index is -3.24. The lowest BCUT2D eigenvalue weighted by Crippen LogP contribution is -2.41. The van der Waals surface area contributed by atoms with E-state index in [-0.39, 0.29) is 23.6 Å². The molecule has 0 unspecified atom stereocenters. The van der Waals surface area contributed by atoms with E-state index in [0.29, 0.717) is 53.4 Å². The topological polar surface area (TPSA) is 126 Å². The van der Waals surface area contributed by atoms with Gasteiger partial charge in [0.05, 0.1) is 34.7 Å². The Bertz CT molecular complexity index is 1510. The van der Waals surface area contributed by atoms with Crippen molar-refractivity contribution < 1.29 is 17.5 Å². The van der Waals surface area contributed by atoms with Gasteiger partial charge in [-0.25, -0.2) is 22.7 Å². The van der Waals surface area contributed by atoms with Crippen LogP contribution in [0.4, 0.5) is 10.2 Å². The zero-order chi connectivity index (χ0) is 24.7. The van der Waals surface area contributed by atoms with Crippen molar-refractivity contribution in [3.05, 3.63) is 47.4 Å². The Morgan fingerprint density at radius 3 is 2.77 bits per heavy atom. The molecule has 1 aliphatic heterocycles. The summed E-state index contributed by atoms with van der Waals surface area (Å²) in [5.41, 5.74) is 1.33. The summed E-state index contributed by atoms with van der Waals surface area (Å²) in [5, 5.41) is 5.18. The molecule has 0 radical (unpaired) electrons. The van der Waals surface area contributed by atoms with Gasteiger partial charge in [-0.2, -0.15) is 14.4 Å². The van der Waals surface area contributed by atoms with Crippen LogP contribution in [-0.4, -0.2) is 63.1 Å². The van der Waals surface area contributed by atoms with Crippen molar-refractivity contribution in [1.82, 2.24) is 29.2 Å². The van der Waals surface area contributed by atoms with Gasteiger partial charge in [-0.15, -0.1) is 0 Å². The molecule has 0 bridgehead atoms. The number of anilines is 1. The molecule has 4 heterocycles. The highest BCUT2D eigenvalue weighted by Gasteiger charge is 2.27. The van der Waals surface area contributed by atoms with E-state index in [1.807, 2.05) is 25.1 Å². The van der Waals surface area contributed by atoms with Crippen molar-refractivity contribution in [3.8, 4) is 5.88 Å². The normalized spacial score (nSPS) is 16.6. The number of hydrogen-bond acceptors (Lipinski definition) is 8. The molecule has 1 fully saturated rings. The van der Waals surface area contributed by atoms with Crippen molar-refractivity contribution in [2.24, 2.45) is 0 Å². The molecule has 184 valence electrons. The second-order valence-corrected chi connectivity index (χ2v) is 10.9. The van der Waals surface area contributed by atoms with Gasteiger partial charge in [0, 0.05) is 13.1 Å². The Hall–Kier alpha value is -3.09. The SMILES string of the molecule is C[C@H](Nc1nc(F)nc2[nH]cnc12)c1cc2cccc(Cl)c2c(OC2CCN(S(C)(=O)=O)CC2)n1. The van der Waals surface area contributed by atoms with E-state index in [9.17, 15) is 12.8 Å². The molecule has 1 aliphatic rings. The highest BCUT2D eigenvalue weighted by atomic mass is 35.5. The fourth-order valence-electron chi connectivity index (χ4n) is 4.19. The van der Waals surface area contributed by atoms with Gasteiger partial charge < -0.3 is 15.0 Å². The zero-order valence-corrected chi connectivity index (χ0v) is 20.6. The van der Waals surface area contributed by atoms with Gasteiger partial charge in [-0.3, -0.25) is 0 Å². The van der Waals surface area contributed by atoms with Crippen LogP contribution >= 0.6 is 11.6 Å². The summed E-state index contributed by atoms with van der Waals surface area (Å²) in [5.74, 6) is 0.609. The van der Waals surface area contributed by atoms with E-state index in [1.54, 1.807) is 6.07 Å². The maximum atomic E-state index is 13.9. The number of H-pyrrole nitrogens is 1. The highest BCUT2D eigenvalue weighted by Crippen LogP contribution is 2.35. The number of sulfonamides is 1. The van der Waals surface area contributed by atoms with E-state index in [2.05, 4.69) is 25.3 Å². The smallest absolute Gasteiger partial charge is 0.312 e. The van der Waals surface area contributed by atoms with Crippen LogP contribution in [0.3, 0.4) is 0 Å². The molecule has 0 aliphatic carbocycles. The van der Waals surface area contributed by atoms with E-state index in [1.165, 1.54) is 16.9 Å². The monoisotopic (exact) mass is 519 g/mol. The van der Waals surface area contributed by atoms with Crippen LogP contribution < -0.4 is 10.1 Å². The second-order valence-electron chi connectivity index (χ2n) is 8.48. The molecule has 1 atom stereocenters. The minimum Gasteiger partial charge on any atom is -0.474 e. The molecule has 1 aromatic carbocycles. The zero-order valence-electron chi connectivity index (χ0n) is 19.0. The summed E-state index contributed by atoms with van der Waals surface area (Å²) in [6.45, 7) is 2.63. The van der Waals surface area contributed by atoms with Gasteiger partial charge in [0.1, 0.15) is 11.6 Å². The summed E-state index contributed by atoms with van der Waals surface area (Å²) in [6, 6.07) is 7.02. The van der Waals surface area contributed by atoms with Gasteiger partial charge in [0.2, 0.25) is 15.9 Å². The molecule has 3 aromatic heterocycles. The van der Waals surface area contributed by atoms with E-state index in [0.717, 1.165) is 5.39 Å². The third-order valence-electron chi connectivity index (χ3n) is 5.99. The molecule has 0 amide bonds. The van der Waals surface area contributed by atoms with Crippen molar-refractivity contribution in [2.45, 2.75) is 31.9 Å². The number of halogens is 2. The average Bonchev–Trinajstić information content (AvgIpc) is 3.27. The number of imidazole rings is 1. The van der Waals surface area contributed by atoms with E-state index >= 15 is 0 Å². The minimum absolute atomic E-state index is 0.210. The summed E-state index contributed by atoms with van der Waals surface area (Å²) in [4.78, 5) is 19.2. The fraction of sp³-hybridized carbons (Fsp3) is 0.364. The summed E-state index contributed by atoms with van der Waals surface area (Å²) in [7, 11) is -3.24. The van der Waals surface area contributed by atoms with Crippen molar-refractivity contribution in [2.75, 3.05) is 24.7 Å². The quantitative estimate of drug-likeness (QED) is 0.369. The molecule has 0 saturated carbocycles. The van der Waals surface area contributed by atoms with Crippen LogP contribution in [0, 0.1) is 6.08 Å². The highest BCUT2D eigenvalue weighted by molar-refractivity contribution is 7.88. The lowest BCUT2D eigenvalue weighted by Gasteiger charge is -2.30. The molecule has 1 saturated heterocycles. The first-order valence-electron chi connectivity index (χ1n) is 11.0. The number of ether oxygens (including phenoxy) is 1. The first-order chi connectivity index (χ1) is 16.7. The van der Waals surface area contributed by atoms with Gasteiger partial charge in [-0.1, -0.05) is 23.7 Å². The number of nitrogens with one attached hydrogen (secondary N) is 2. The second kappa shape index (κ2) is 9.17. The van der Waals surface area contributed by atoms with Gasteiger partial charge in [0.25, 0.3) is 0 Å². The van der Waals surface area contributed by atoms with Gasteiger partial charge in [0.15, 0.2) is 11.5 Å². The molecular formula is C22H23ClFN7O3S. The number of hydrogen-bond donors (Lipinski definition) is 2. The Morgan fingerprint density at radius 2 is 2.03 bits per heavy atom. The van der Waals surface area contributed by atoms with Crippen molar-refractivity contribution >= 4 is 49.4 Å². The van der Waals surface area contributed by atoms with Crippen LogP contribution in [0.5, 0.6) is 5.88 Å². The first-order valence-corrected chi connectivity index (χ1v) is 13.3. The Balaban J connectivity index is 1.45. The molecule has 13 heteroatoms. The van der Waals surface area contributed by atoms with Crippen molar-refractivity contribution in [1.29, 1.82) is 0 Å². The van der Waals surface area contributed by atoms with Crippen LogP contribution in [0.1, 0.15) is 31.5 Å². The number of pyridine rings is 1. The Labute approximate surface area is 206 Å². The number of piperidine rings is 1. The summed E-state index contributed by atoms with van der Waals surface area (Å²) >= 11 is 6.50. The lowest BCUT2D eigenvalue weighted by atomic mass is 10.1. The Morgan fingerprint density at radius 1 is 1.26 bits per heavy atom. The van der Waals surface area contributed by atoms with E-state index < -0.39 is 16.1 Å². The predicted molar refractivity (Wildman–Crippen MR) is 130 cm³/mol. The maximum Gasteiger partial charge on any atom is 0.312 e. The number of benzene rings is 1. The first kappa shape index (κ1) is 23.6. The average molecular weight is 520 g/mol. The third-order valence-corrected chi connectivity index (χ3v) is 7.61. The molecular weight excluding hydrogens is 497 g/mol. The van der Waals surface area contributed by atoms with Crippen LogP contribution in [-0.2, 0) is 10.0 Å². The number of nitrogens with zero attached hydrogens (tertiary/aromatic N) is 5. The molecule has 35 heavy (non-hydrogen) atoms. The maximum absolute atomic E-state index is 13.9. The van der Waals surface area contributed by atoms with E-state index in [4.69, 9.17) is 21.3 Å². The lowest BCUT2D eigenvalue weighted by molar-refractivity contribution is 0.132. The fourth-order valence-corrected chi connectivity index (χ4v) is 5.32. The Kier molecular flexibility index (Phi) is 6.20. The van der Waals surface area contributed by atoms with Gasteiger partial charge >= 0.3 is 6.08 Å². The van der Waals surface area contributed by atoms with Crippen LogP contribution in [0.25, 0.3) is 21.9 Å². The third kappa shape index (κ3) is 4.86. The number of rotatable bonds is 6. The largest absolute Gasteiger partial charge is 0.474 e. The molecule has 5 rings (SSSR count). The summed E-state index contributed by atoms with van der Waals surface area (Å²) < 4.78 is 45.3. The molecule has 4 aromatic rings. The number of fused-ring (bicyclic) bond motifs is 2. The van der Waals surface area contributed by atoms with Gasteiger partial charge in [-0.05, 0) is 37.3 Å². The predicted octanol–water partition coefficient (Wildman–Crippen LogP) is 3.67. The number of aromatic amines is 1. The molecule has 10 nitrogen and oxygen atoms in total. The number of aromatic nitrogens is 5.